The van der Waals surface area contributed by atoms with Crippen LogP contribution in [0.25, 0.3) is 11.3 Å². The van der Waals surface area contributed by atoms with Crippen LogP contribution in [0.15, 0.2) is 11.4 Å². The van der Waals surface area contributed by atoms with Crippen LogP contribution in [0.3, 0.4) is 0 Å². The molecule has 0 aliphatic rings. The van der Waals surface area contributed by atoms with E-state index in [1.165, 1.54) is 11.3 Å². The molecule has 2 aromatic heterocycles. The maximum Gasteiger partial charge on any atom is 0.110 e. The van der Waals surface area contributed by atoms with Gasteiger partial charge in [-0.05, 0) is 12.5 Å². The van der Waals surface area contributed by atoms with Crippen molar-refractivity contribution in [2.24, 2.45) is 5.73 Å². The van der Waals surface area contributed by atoms with Gasteiger partial charge in [0.05, 0.1) is 16.1 Å². The highest BCUT2D eigenvalue weighted by molar-refractivity contribution is 7.20. The van der Waals surface area contributed by atoms with Crippen LogP contribution in [-0.2, 0) is 0 Å². The molecular weight excluding hydrogens is 295 g/mol. The van der Waals surface area contributed by atoms with Gasteiger partial charge in [-0.25, -0.2) is 4.98 Å². The molecular formula is C11H12Cl2N2S2. The molecule has 2 heterocycles. The first-order valence-corrected chi connectivity index (χ1v) is 7.73. The average Bonchev–Trinajstić information content (AvgIpc) is 2.85. The molecule has 1 unspecified atom stereocenters. The van der Waals surface area contributed by atoms with E-state index < -0.39 is 0 Å². The highest BCUT2D eigenvalue weighted by Gasteiger charge is 2.14. The number of rotatable bonds is 4. The van der Waals surface area contributed by atoms with Crippen molar-refractivity contribution in [3.05, 3.63) is 25.1 Å². The number of nitrogens with zero attached hydrogens (tertiary/aromatic N) is 1. The monoisotopic (exact) mass is 306 g/mol. The van der Waals surface area contributed by atoms with Crippen molar-refractivity contribution >= 4 is 45.9 Å². The van der Waals surface area contributed by atoms with Crippen LogP contribution >= 0.6 is 45.9 Å². The van der Waals surface area contributed by atoms with Crippen molar-refractivity contribution < 1.29 is 0 Å². The van der Waals surface area contributed by atoms with Gasteiger partial charge >= 0.3 is 0 Å². The summed E-state index contributed by atoms with van der Waals surface area (Å²) in [5.74, 6) is 0. The predicted octanol–water partition coefficient (Wildman–Crippen LogP) is 4.98. The summed E-state index contributed by atoms with van der Waals surface area (Å²) in [5, 5.41) is 2.94. The Morgan fingerprint density at radius 3 is 2.82 bits per heavy atom. The Balaban J connectivity index is 2.26. The van der Waals surface area contributed by atoms with Crippen molar-refractivity contribution in [2.75, 3.05) is 0 Å². The van der Waals surface area contributed by atoms with Crippen molar-refractivity contribution in [3.63, 3.8) is 0 Å². The van der Waals surface area contributed by atoms with Crippen LogP contribution in [0.1, 0.15) is 30.8 Å². The third-order valence-corrected chi connectivity index (χ3v) is 4.84. The van der Waals surface area contributed by atoms with Crippen LogP contribution in [0, 0.1) is 0 Å². The van der Waals surface area contributed by atoms with Crippen molar-refractivity contribution in [1.29, 1.82) is 0 Å². The fourth-order valence-corrected chi connectivity index (χ4v) is 3.87. The van der Waals surface area contributed by atoms with E-state index in [9.17, 15) is 0 Å². The van der Waals surface area contributed by atoms with Crippen LogP contribution in [0.2, 0.25) is 8.67 Å². The molecule has 0 fully saturated rings. The zero-order valence-corrected chi connectivity index (χ0v) is 12.4. The lowest BCUT2D eigenvalue weighted by molar-refractivity contribution is 0.635. The van der Waals surface area contributed by atoms with Crippen molar-refractivity contribution in [3.8, 4) is 11.3 Å². The molecule has 0 spiro atoms. The molecule has 6 heteroatoms. The second kappa shape index (κ2) is 5.67. The minimum absolute atomic E-state index is 0.0200. The molecule has 1 atom stereocenters. The first kappa shape index (κ1) is 13.3. The van der Waals surface area contributed by atoms with Gasteiger partial charge in [-0.2, -0.15) is 0 Å². The maximum atomic E-state index is 6.10. The largest absolute Gasteiger partial charge is 0.322 e. The number of thiazole rings is 1. The van der Waals surface area contributed by atoms with E-state index in [2.05, 4.69) is 11.9 Å². The Morgan fingerprint density at radius 2 is 2.24 bits per heavy atom. The van der Waals surface area contributed by atoms with Crippen LogP contribution in [-0.4, -0.2) is 4.98 Å². The Morgan fingerprint density at radius 1 is 1.47 bits per heavy atom. The van der Waals surface area contributed by atoms with Gasteiger partial charge in [0, 0.05) is 10.9 Å². The highest BCUT2D eigenvalue weighted by Crippen LogP contribution is 2.38. The number of aromatic nitrogens is 1. The molecule has 17 heavy (non-hydrogen) atoms. The standard InChI is InChI=1S/C11H12Cl2N2S2/c1-2-3-7(14)11-15-8(5-16-11)6-4-9(12)17-10(6)13/h4-5,7H,2-3,14H2,1H3. The smallest absolute Gasteiger partial charge is 0.110 e. The average molecular weight is 307 g/mol. The Kier molecular flexibility index (Phi) is 4.44. The molecule has 0 saturated carbocycles. The molecule has 2 rings (SSSR count). The third kappa shape index (κ3) is 3.01. The molecule has 0 bridgehead atoms. The fourth-order valence-electron chi connectivity index (χ4n) is 1.53. The first-order chi connectivity index (χ1) is 8.11. The molecule has 0 saturated heterocycles. The molecule has 2 nitrogen and oxygen atoms in total. The van der Waals surface area contributed by atoms with E-state index in [0.717, 1.165) is 29.1 Å². The second-order valence-electron chi connectivity index (χ2n) is 3.70. The molecule has 2 N–H and O–H groups in total. The number of halogens is 2. The summed E-state index contributed by atoms with van der Waals surface area (Å²) < 4.78 is 1.35. The Bertz CT molecular complexity index is 507. The van der Waals surface area contributed by atoms with E-state index in [0.29, 0.717) is 8.67 Å². The van der Waals surface area contributed by atoms with E-state index in [4.69, 9.17) is 28.9 Å². The van der Waals surface area contributed by atoms with Gasteiger partial charge in [-0.1, -0.05) is 36.5 Å². The van der Waals surface area contributed by atoms with Crippen LogP contribution in [0.4, 0.5) is 0 Å². The normalized spacial score (nSPS) is 12.9. The number of hydrogen-bond acceptors (Lipinski definition) is 4. The lowest BCUT2D eigenvalue weighted by atomic mass is 10.2. The van der Waals surface area contributed by atoms with Crippen molar-refractivity contribution in [2.45, 2.75) is 25.8 Å². The van der Waals surface area contributed by atoms with Crippen molar-refractivity contribution in [1.82, 2.24) is 4.98 Å². The van der Waals surface area contributed by atoms with E-state index >= 15 is 0 Å². The topological polar surface area (TPSA) is 38.9 Å². The third-order valence-electron chi connectivity index (χ3n) is 2.37. The van der Waals surface area contributed by atoms with Gasteiger partial charge in [0.25, 0.3) is 0 Å². The molecule has 92 valence electrons. The molecule has 2 aromatic rings. The summed E-state index contributed by atoms with van der Waals surface area (Å²) in [7, 11) is 0. The summed E-state index contributed by atoms with van der Waals surface area (Å²) in [6.07, 6.45) is 2.01. The highest BCUT2D eigenvalue weighted by atomic mass is 35.5. The van der Waals surface area contributed by atoms with E-state index in [1.54, 1.807) is 11.3 Å². The molecule has 0 aliphatic carbocycles. The summed E-state index contributed by atoms with van der Waals surface area (Å²) in [6.45, 7) is 2.11. The number of nitrogens with two attached hydrogens (primary N) is 1. The Labute approximate surface area is 118 Å². The number of thiophene rings is 1. The van der Waals surface area contributed by atoms with Gasteiger partial charge in [-0.3, -0.25) is 0 Å². The minimum atomic E-state index is 0.0200. The zero-order chi connectivity index (χ0) is 12.4. The molecule has 0 aromatic carbocycles. The summed E-state index contributed by atoms with van der Waals surface area (Å²) in [4.78, 5) is 4.53. The molecule has 0 amide bonds. The number of hydrogen-bond donors (Lipinski definition) is 1. The molecule has 0 radical (unpaired) electrons. The van der Waals surface area contributed by atoms with E-state index in [-0.39, 0.29) is 6.04 Å². The predicted molar refractivity (Wildman–Crippen MR) is 77.3 cm³/mol. The zero-order valence-electron chi connectivity index (χ0n) is 9.24. The van der Waals surface area contributed by atoms with Gasteiger partial charge in [-0.15, -0.1) is 22.7 Å². The maximum absolute atomic E-state index is 6.10. The SMILES string of the molecule is CCCC(N)c1nc(-c2cc(Cl)sc2Cl)cs1. The van der Waals surface area contributed by atoms with Crippen LogP contribution in [0.5, 0.6) is 0 Å². The summed E-state index contributed by atoms with van der Waals surface area (Å²) >= 11 is 15.0. The second-order valence-corrected chi connectivity index (χ2v) is 6.88. The summed E-state index contributed by atoms with van der Waals surface area (Å²) in [6, 6.07) is 1.87. The van der Waals surface area contributed by atoms with Gasteiger partial charge in [0.15, 0.2) is 0 Å². The fraction of sp³-hybridized carbons (Fsp3) is 0.364. The Hall–Kier alpha value is -0.130. The lowest BCUT2D eigenvalue weighted by Gasteiger charge is -2.04. The molecule has 0 aliphatic heterocycles. The first-order valence-electron chi connectivity index (χ1n) is 5.28. The van der Waals surface area contributed by atoms with Gasteiger partial charge < -0.3 is 5.73 Å². The minimum Gasteiger partial charge on any atom is -0.322 e. The lowest BCUT2D eigenvalue weighted by Crippen LogP contribution is -2.09. The quantitative estimate of drug-likeness (QED) is 0.865. The van der Waals surface area contributed by atoms with Gasteiger partial charge in [0.2, 0.25) is 0 Å². The van der Waals surface area contributed by atoms with Crippen LogP contribution < -0.4 is 5.73 Å². The van der Waals surface area contributed by atoms with Gasteiger partial charge in [0.1, 0.15) is 9.34 Å². The summed E-state index contributed by atoms with van der Waals surface area (Å²) in [5.41, 5.74) is 7.79. The van der Waals surface area contributed by atoms with E-state index in [1.807, 2.05) is 11.4 Å².